The lowest BCUT2D eigenvalue weighted by atomic mass is 10.1. The number of hydrogen-bond acceptors (Lipinski definition) is 4. The molecule has 4 heterocycles. The van der Waals surface area contributed by atoms with Crippen molar-refractivity contribution < 1.29 is 4.79 Å². The van der Waals surface area contributed by atoms with Crippen molar-refractivity contribution >= 4 is 11.6 Å². The van der Waals surface area contributed by atoms with Gasteiger partial charge in [-0.1, -0.05) is 30.3 Å². The van der Waals surface area contributed by atoms with Gasteiger partial charge < -0.3 is 4.90 Å². The van der Waals surface area contributed by atoms with E-state index in [2.05, 4.69) is 23.2 Å². The summed E-state index contributed by atoms with van der Waals surface area (Å²) in [6.45, 7) is 1.47. The van der Waals surface area contributed by atoms with Crippen molar-refractivity contribution in [3.8, 4) is 11.1 Å². The Hall–Kier alpha value is -3.54. The molecule has 0 unspecified atom stereocenters. The summed E-state index contributed by atoms with van der Waals surface area (Å²) in [4.78, 5) is 23.4. The molecule has 4 aromatic rings. The van der Waals surface area contributed by atoms with E-state index in [1.165, 1.54) is 5.56 Å². The van der Waals surface area contributed by atoms with Crippen LogP contribution in [0.3, 0.4) is 0 Å². The van der Waals surface area contributed by atoms with Crippen molar-refractivity contribution in [1.29, 1.82) is 0 Å². The molecule has 6 nitrogen and oxygen atoms in total. The zero-order valence-electron chi connectivity index (χ0n) is 16.7. The Kier molecular flexibility index (Phi) is 4.97. The average molecular weight is 397 g/mol. The predicted molar refractivity (Wildman–Crippen MR) is 115 cm³/mol. The second-order valence-electron chi connectivity index (χ2n) is 7.74. The molecule has 1 aliphatic heterocycles. The molecule has 6 heteroatoms. The maximum Gasteiger partial charge on any atom is 0.222 e. The fourth-order valence-corrected chi connectivity index (χ4v) is 4.04. The first-order valence-corrected chi connectivity index (χ1v) is 10.3. The van der Waals surface area contributed by atoms with Crippen LogP contribution in [-0.2, 0) is 11.2 Å². The highest BCUT2D eigenvalue weighted by Gasteiger charge is 2.29. The van der Waals surface area contributed by atoms with Crippen molar-refractivity contribution in [3.63, 3.8) is 0 Å². The van der Waals surface area contributed by atoms with E-state index in [-0.39, 0.29) is 11.8 Å². The number of aromatic nitrogens is 4. The van der Waals surface area contributed by atoms with Crippen molar-refractivity contribution in [2.45, 2.75) is 25.2 Å². The van der Waals surface area contributed by atoms with Gasteiger partial charge in [0.15, 0.2) is 11.5 Å². The molecule has 150 valence electrons. The maximum atomic E-state index is 12.6. The Balaban J connectivity index is 1.26. The Labute approximate surface area is 175 Å². The molecule has 0 aliphatic carbocycles. The summed E-state index contributed by atoms with van der Waals surface area (Å²) < 4.78 is 1.84. The summed E-state index contributed by atoms with van der Waals surface area (Å²) in [5, 5.41) is 4.72. The van der Waals surface area contributed by atoms with Crippen LogP contribution in [0, 0.1) is 0 Å². The van der Waals surface area contributed by atoms with Gasteiger partial charge in [-0.25, -0.2) is 9.50 Å². The van der Waals surface area contributed by atoms with Crippen LogP contribution in [0.15, 0.2) is 73.2 Å². The number of pyridine rings is 2. The molecule has 1 saturated heterocycles. The fourth-order valence-electron chi connectivity index (χ4n) is 4.04. The standard InChI is InChI=1S/C24H23N5O/c30-23(9-6-18-4-2-1-3-5-18)28-15-12-21(16-28)24-26-22-8-7-20(17-29(22)27-24)19-10-13-25-14-11-19/h1-5,7-8,10-11,13-14,17,21H,6,9,12,15-16H2/t21-/m0/s1. The molecule has 1 fully saturated rings. The molecule has 1 atom stereocenters. The van der Waals surface area contributed by atoms with E-state index in [0.717, 1.165) is 42.0 Å². The molecule has 1 aliphatic rings. The number of aryl methyl sites for hydroxylation is 1. The minimum Gasteiger partial charge on any atom is -0.342 e. The van der Waals surface area contributed by atoms with E-state index in [1.807, 2.05) is 52.0 Å². The Morgan fingerprint density at radius 3 is 2.67 bits per heavy atom. The molecule has 5 rings (SSSR count). The first-order valence-electron chi connectivity index (χ1n) is 10.3. The lowest BCUT2D eigenvalue weighted by Gasteiger charge is -2.15. The highest BCUT2D eigenvalue weighted by molar-refractivity contribution is 5.76. The molecule has 0 N–H and O–H groups in total. The Morgan fingerprint density at radius 1 is 1.00 bits per heavy atom. The summed E-state index contributed by atoms with van der Waals surface area (Å²) >= 11 is 0. The van der Waals surface area contributed by atoms with Gasteiger partial charge in [-0.2, -0.15) is 5.10 Å². The minimum atomic E-state index is 0.190. The molecule has 0 saturated carbocycles. The van der Waals surface area contributed by atoms with Gasteiger partial charge in [0, 0.05) is 49.6 Å². The van der Waals surface area contributed by atoms with Gasteiger partial charge in [0.05, 0.1) is 0 Å². The largest absolute Gasteiger partial charge is 0.342 e. The quantitative estimate of drug-likeness (QED) is 0.515. The highest BCUT2D eigenvalue weighted by atomic mass is 16.2. The van der Waals surface area contributed by atoms with Gasteiger partial charge in [-0.05, 0) is 48.2 Å². The van der Waals surface area contributed by atoms with E-state index in [9.17, 15) is 4.79 Å². The zero-order valence-corrected chi connectivity index (χ0v) is 16.7. The topological polar surface area (TPSA) is 63.4 Å². The van der Waals surface area contributed by atoms with Crippen molar-refractivity contribution in [2.75, 3.05) is 13.1 Å². The second kappa shape index (κ2) is 8.06. The molecule has 0 radical (unpaired) electrons. The number of amides is 1. The average Bonchev–Trinajstić information content (AvgIpc) is 3.45. The number of rotatable bonds is 5. The van der Waals surface area contributed by atoms with Crippen LogP contribution in [0.2, 0.25) is 0 Å². The van der Waals surface area contributed by atoms with Crippen LogP contribution in [0.5, 0.6) is 0 Å². The Bertz CT molecular complexity index is 1160. The third-order valence-electron chi connectivity index (χ3n) is 5.74. The van der Waals surface area contributed by atoms with E-state index in [4.69, 9.17) is 10.1 Å². The third-order valence-corrected chi connectivity index (χ3v) is 5.74. The molecular weight excluding hydrogens is 374 g/mol. The number of carbonyl (C=O) groups excluding carboxylic acids is 1. The zero-order chi connectivity index (χ0) is 20.3. The predicted octanol–water partition coefficient (Wildman–Crippen LogP) is 3.74. The van der Waals surface area contributed by atoms with E-state index in [0.29, 0.717) is 13.0 Å². The van der Waals surface area contributed by atoms with Crippen LogP contribution >= 0.6 is 0 Å². The molecule has 3 aromatic heterocycles. The summed E-state index contributed by atoms with van der Waals surface area (Å²) in [5.74, 6) is 1.22. The van der Waals surface area contributed by atoms with Crippen LogP contribution in [-0.4, -0.2) is 43.5 Å². The number of likely N-dealkylation sites (tertiary alicyclic amines) is 1. The summed E-state index contributed by atoms with van der Waals surface area (Å²) in [6.07, 6.45) is 7.81. The van der Waals surface area contributed by atoms with Gasteiger partial charge in [0.25, 0.3) is 0 Å². The monoisotopic (exact) mass is 397 g/mol. The lowest BCUT2D eigenvalue weighted by molar-refractivity contribution is -0.130. The molecule has 0 spiro atoms. The number of fused-ring (bicyclic) bond motifs is 1. The molecule has 30 heavy (non-hydrogen) atoms. The van der Waals surface area contributed by atoms with Crippen molar-refractivity contribution in [2.24, 2.45) is 0 Å². The smallest absolute Gasteiger partial charge is 0.222 e. The van der Waals surface area contributed by atoms with Gasteiger partial charge in [-0.15, -0.1) is 0 Å². The summed E-state index contributed by atoms with van der Waals surface area (Å²) in [7, 11) is 0. The maximum absolute atomic E-state index is 12.6. The van der Waals surface area contributed by atoms with Gasteiger partial charge in [-0.3, -0.25) is 9.78 Å². The number of nitrogens with zero attached hydrogens (tertiary/aromatic N) is 5. The lowest BCUT2D eigenvalue weighted by Crippen LogP contribution is -2.28. The fraction of sp³-hybridized carbons (Fsp3) is 0.250. The third kappa shape index (κ3) is 3.81. The van der Waals surface area contributed by atoms with Crippen molar-refractivity contribution in [3.05, 3.63) is 84.6 Å². The van der Waals surface area contributed by atoms with Gasteiger partial charge in [0.1, 0.15) is 0 Å². The van der Waals surface area contributed by atoms with Crippen LogP contribution < -0.4 is 0 Å². The number of carbonyl (C=O) groups is 1. The molecule has 0 bridgehead atoms. The van der Waals surface area contributed by atoms with E-state index in [1.54, 1.807) is 12.4 Å². The Morgan fingerprint density at radius 2 is 1.83 bits per heavy atom. The normalized spacial score (nSPS) is 16.3. The van der Waals surface area contributed by atoms with Crippen LogP contribution in [0.1, 0.15) is 30.1 Å². The molecule has 1 aromatic carbocycles. The minimum absolute atomic E-state index is 0.190. The SMILES string of the molecule is O=C(CCc1ccccc1)N1CC[C@H](c2nc3ccc(-c4ccncc4)cn3n2)C1. The molecular formula is C24H23N5O. The summed E-state index contributed by atoms with van der Waals surface area (Å²) in [5.41, 5.74) is 4.20. The molecule has 1 amide bonds. The van der Waals surface area contributed by atoms with Gasteiger partial charge >= 0.3 is 0 Å². The van der Waals surface area contributed by atoms with Crippen LogP contribution in [0.25, 0.3) is 16.8 Å². The van der Waals surface area contributed by atoms with Crippen molar-refractivity contribution in [1.82, 2.24) is 24.5 Å². The van der Waals surface area contributed by atoms with E-state index < -0.39 is 0 Å². The van der Waals surface area contributed by atoms with E-state index >= 15 is 0 Å². The first kappa shape index (κ1) is 18.5. The van der Waals surface area contributed by atoms with Gasteiger partial charge in [0.2, 0.25) is 5.91 Å². The number of benzene rings is 1. The van der Waals surface area contributed by atoms with Crippen LogP contribution in [0.4, 0.5) is 0 Å². The summed E-state index contributed by atoms with van der Waals surface area (Å²) in [6, 6.07) is 18.2. The second-order valence-corrected chi connectivity index (χ2v) is 7.74. The number of hydrogen-bond donors (Lipinski definition) is 0. The first-order chi connectivity index (χ1) is 14.8. The highest BCUT2D eigenvalue weighted by Crippen LogP contribution is 2.27.